The lowest BCUT2D eigenvalue weighted by atomic mass is 10.2. The summed E-state index contributed by atoms with van der Waals surface area (Å²) in [6.45, 7) is 7.08. The van der Waals surface area contributed by atoms with E-state index in [1.165, 1.54) is 0 Å². The number of amides is 1. The Balaban J connectivity index is 1.18. The summed E-state index contributed by atoms with van der Waals surface area (Å²) in [6, 6.07) is 6.07. The minimum absolute atomic E-state index is 0.0327. The van der Waals surface area contributed by atoms with Crippen LogP contribution in [0.5, 0.6) is 0 Å². The van der Waals surface area contributed by atoms with E-state index < -0.39 is 0 Å². The van der Waals surface area contributed by atoms with E-state index in [1.54, 1.807) is 22.7 Å². The molecule has 0 spiro atoms. The number of aryl methyl sites for hydroxylation is 3. The van der Waals surface area contributed by atoms with Crippen molar-refractivity contribution in [3.05, 3.63) is 51.2 Å². The Hall–Kier alpha value is -2.78. The highest BCUT2D eigenvalue weighted by molar-refractivity contribution is 7.13. The molecular weight excluding hydrogens is 442 g/mol. The fourth-order valence-electron chi connectivity index (χ4n) is 3.66. The van der Waals surface area contributed by atoms with Crippen molar-refractivity contribution in [2.75, 3.05) is 6.54 Å². The lowest BCUT2D eigenvalue weighted by Gasteiger charge is -2.10. The van der Waals surface area contributed by atoms with Gasteiger partial charge in [0.2, 0.25) is 17.6 Å². The van der Waals surface area contributed by atoms with E-state index in [9.17, 15) is 4.79 Å². The van der Waals surface area contributed by atoms with Crippen LogP contribution in [0.3, 0.4) is 0 Å². The summed E-state index contributed by atoms with van der Waals surface area (Å²) in [4.78, 5) is 22.5. The molecule has 0 radical (unpaired) electrons. The smallest absolute Gasteiger partial charge is 0.239 e. The molecule has 32 heavy (non-hydrogen) atoms. The van der Waals surface area contributed by atoms with Crippen LogP contribution in [0, 0.1) is 20.8 Å². The molecule has 168 valence electrons. The van der Waals surface area contributed by atoms with Gasteiger partial charge in [0.15, 0.2) is 0 Å². The predicted molar refractivity (Wildman–Crippen MR) is 128 cm³/mol. The third-order valence-corrected chi connectivity index (χ3v) is 7.01. The second-order valence-corrected chi connectivity index (χ2v) is 9.78. The van der Waals surface area contributed by atoms with Crippen LogP contribution in [0.25, 0.3) is 22.0 Å². The summed E-state index contributed by atoms with van der Waals surface area (Å²) in [5.74, 6) is 1.36. The molecule has 0 atom stereocenters. The second kappa shape index (κ2) is 10.2. The largest absolute Gasteiger partial charge is 0.355 e. The Kier molecular flexibility index (Phi) is 7.16. The van der Waals surface area contributed by atoms with Crippen LogP contribution in [0.15, 0.2) is 33.5 Å². The summed E-state index contributed by atoms with van der Waals surface area (Å²) in [7, 11) is 0. The number of carbonyl (C=O) groups excluding carboxylic acids is 1. The summed E-state index contributed by atoms with van der Waals surface area (Å²) >= 11 is 3.24. The maximum absolute atomic E-state index is 12.5. The van der Waals surface area contributed by atoms with E-state index in [4.69, 9.17) is 4.52 Å². The monoisotopic (exact) mass is 469 g/mol. The minimum atomic E-state index is 0.0327. The molecule has 4 rings (SSSR count). The Bertz CT molecular complexity index is 1170. The number of aromatic nitrogens is 4. The van der Waals surface area contributed by atoms with Crippen molar-refractivity contribution in [3.63, 3.8) is 0 Å². The number of rotatable bonds is 10. The van der Waals surface area contributed by atoms with Gasteiger partial charge in [-0.15, -0.1) is 22.7 Å². The third kappa shape index (κ3) is 5.34. The summed E-state index contributed by atoms with van der Waals surface area (Å²) in [6.07, 6.45) is 3.62. The molecule has 0 fully saturated rings. The second-order valence-electron chi connectivity index (χ2n) is 7.77. The van der Waals surface area contributed by atoms with E-state index in [0.29, 0.717) is 24.8 Å². The fraction of sp³-hybridized carbons (Fsp3) is 0.391. The van der Waals surface area contributed by atoms with Crippen molar-refractivity contribution < 1.29 is 9.32 Å². The molecule has 0 unspecified atom stereocenters. The molecule has 0 aliphatic rings. The van der Waals surface area contributed by atoms with Gasteiger partial charge in [-0.1, -0.05) is 17.6 Å². The Morgan fingerprint density at radius 1 is 1.16 bits per heavy atom. The average Bonchev–Trinajstić information content (AvgIpc) is 3.56. The number of carbonyl (C=O) groups is 1. The van der Waals surface area contributed by atoms with E-state index in [0.717, 1.165) is 58.2 Å². The molecule has 0 aliphatic carbocycles. The fourth-order valence-corrected chi connectivity index (χ4v) is 4.92. The van der Waals surface area contributed by atoms with Crippen molar-refractivity contribution >= 4 is 28.6 Å². The molecule has 7 nitrogen and oxygen atoms in total. The highest BCUT2D eigenvalue weighted by Gasteiger charge is 2.15. The van der Waals surface area contributed by atoms with Crippen LogP contribution in [0.4, 0.5) is 0 Å². The normalized spacial score (nSPS) is 11.2. The number of nitrogens with zero attached hydrogens (tertiary/aromatic N) is 4. The van der Waals surface area contributed by atoms with Gasteiger partial charge in [-0.25, -0.2) is 4.98 Å². The molecule has 0 saturated heterocycles. The maximum atomic E-state index is 12.5. The van der Waals surface area contributed by atoms with Gasteiger partial charge in [0, 0.05) is 35.3 Å². The Labute approximate surface area is 195 Å². The topological polar surface area (TPSA) is 85.8 Å². The predicted octanol–water partition coefficient (Wildman–Crippen LogP) is 5.18. The van der Waals surface area contributed by atoms with Gasteiger partial charge >= 0.3 is 0 Å². The van der Waals surface area contributed by atoms with Gasteiger partial charge in [-0.3, -0.25) is 4.79 Å². The number of nitrogens with one attached hydrogen (secondary N) is 1. The van der Waals surface area contributed by atoms with Crippen LogP contribution >= 0.6 is 22.7 Å². The molecule has 9 heteroatoms. The van der Waals surface area contributed by atoms with Crippen molar-refractivity contribution in [1.82, 2.24) is 25.0 Å². The van der Waals surface area contributed by atoms with E-state index in [-0.39, 0.29) is 5.91 Å². The van der Waals surface area contributed by atoms with E-state index in [2.05, 4.69) is 36.5 Å². The molecule has 0 bridgehead atoms. The molecule has 0 aliphatic heterocycles. The van der Waals surface area contributed by atoms with Crippen LogP contribution in [0.1, 0.15) is 41.5 Å². The number of thiophene rings is 1. The first kappa shape index (κ1) is 22.4. The quantitative estimate of drug-likeness (QED) is 0.324. The van der Waals surface area contributed by atoms with Gasteiger partial charge in [0.1, 0.15) is 6.54 Å². The first-order valence-electron chi connectivity index (χ1n) is 10.7. The SMILES string of the molecule is Cc1nc(-c2cc(C)n(CC(=O)NCCCCCc3nc(-c4cccs4)no3)c2C)cs1. The minimum Gasteiger partial charge on any atom is -0.355 e. The average molecular weight is 470 g/mol. The first-order chi connectivity index (χ1) is 15.5. The molecule has 4 aromatic heterocycles. The summed E-state index contributed by atoms with van der Waals surface area (Å²) < 4.78 is 7.38. The number of thiazole rings is 1. The zero-order valence-electron chi connectivity index (χ0n) is 18.6. The first-order valence-corrected chi connectivity index (χ1v) is 12.5. The molecule has 1 amide bonds. The number of hydrogen-bond acceptors (Lipinski definition) is 7. The van der Waals surface area contributed by atoms with Crippen LogP contribution in [-0.2, 0) is 17.8 Å². The molecule has 1 N–H and O–H groups in total. The number of hydrogen-bond donors (Lipinski definition) is 1. The van der Waals surface area contributed by atoms with Gasteiger partial charge in [0.05, 0.1) is 15.6 Å². The van der Waals surface area contributed by atoms with E-state index in [1.807, 2.05) is 38.3 Å². The lowest BCUT2D eigenvalue weighted by Crippen LogP contribution is -2.29. The van der Waals surface area contributed by atoms with Gasteiger partial charge in [-0.05, 0) is 51.1 Å². The molecule has 4 heterocycles. The zero-order valence-corrected chi connectivity index (χ0v) is 20.2. The maximum Gasteiger partial charge on any atom is 0.239 e. The number of unbranched alkanes of at least 4 members (excludes halogenated alkanes) is 2. The molecule has 4 aromatic rings. The molecule has 0 aromatic carbocycles. The van der Waals surface area contributed by atoms with Crippen molar-refractivity contribution in [1.29, 1.82) is 0 Å². The Morgan fingerprint density at radius 3 is 2.78 bits per heavy atom. The van der Waals surface area contributed by atoms with Gasteiger partial charge in [0.25, 0.3) is 0 Å². The lowest BCUT2D eigenvalue weighted by molar-refractivity contribution is -0.121. The highest BCUT2D eigenvalue weighted by Crippen LogP contribution is 2.28. The zero-order chi connectivity index (χ0) is 22.5. The standard InChI is InChI=1S/C23H27N5O2S2/c1-15-12-18(19-14-32-17(3)25-19)16(2)28(15)13-21(29)24-10-6-4-5-9-22-26-23(27-30-22)20-8-7-11-31-20/h7-8,11-12,14H,4-6,9-10,13H2,1-3H3,(H,24,29). The van der Waals surface area contributed by atoms with Crippen LogP contribution in [0.2, 0.25) is 0 Å². The molecule has 0 saturated carbocycles. The van der Waals surface area contributed by atoms with Gasteiger partial charge in [-0.2, -0.15) is 4.98 Å². The van der Waals surface area contributed by atoms with Crippen LogP contribution < -0.4 is 5.32 Å². The highest BCUT2D eigenvalue weighted by atomic mass is 32.1. The van der Waals surface area contributed by atoms with Crippen molar-refractivity contribution in [2.24, 2.45) is 0 Å². The van der Waals surface area contributed by atoms with Crippen molar-refractivity contribution in [3.8, 4) is 22.0 Å². The van der Waals surface area contributed by atoms with Crippen LogP contribution in [-0.4, -0.2) is 32.1 Å². The van der Waals surface area contributed by atoms with Gasteiger partial charge < -0.3 is 14.4 Å². The molecular formula is C23H27N5O2S2. The third-order valence-electron chi connectivity index (χ3n) is 5.37. The van der Waals surface area contributed by atoms with E-state index >= 15 is 0 Å². The summed E-state index contributed by atoms with van der Waals surface area (Å²) in [5, 5.41) is 12.2. The van der Waals surface area contributed by atoms with Crippen molar-refractivity contribution in [2.45, 2.75) is 53.0 Å². The Morgan fingerprint density at radius 2 is 2.03 bits per heavy atom. The summed E-state index contributed by atoms with van der Waals surface area (Å²) in [5.41, 5.74) is 4.23.